The number of aliphatic hydroxyl groups excluding tert-OH is 1. The maximum Gasteiger partial charge on any atom is 0.303 e. The number of ether oxygens (including phenoxy) is 1. The van der Waals surface area contributed by atoms with E-state index in [1.807, 2.05) is 4.90 Å². The minimum absolute atomic E-state index is 0.0499. The van der Waals surface area contributed by atoms with Crippen LogP contribution < -0.4 is 4.74 Å². The lowest BCUT2D eigenvalue weighted by Crippen LogP contribution is -2.41. The molecule has 4 rings (SSSR count). The maximum absolute atomic E-state index is 13.8. The van der Waals surface area contributed by atoms with Crippen molar-refractivity contribution >= 4 is 28.5 Å². The van der Waals surface area contributed by atoms with Crippen molar-refractivity contribution in [2.45, 2.75) is 38.2 Å². The summed E-state index contributed by atoms with van der Waals surface area (Å²) in [6.45, 7) is 1.31. The molecule has 0 aliphatic carbocycles. The molecule has 1 saturated heterocycles. The van der Waals surface area contributed by atoms with Gasteiger partial charge in [0, 0.05) is 23.2 Å². The maximum atomic E-state index is 13.8. The molecule has 0 radical (unpaired) electrons. The molecule has 6 nitrogen and oxygen atoms in total. The molecule has 0 saturated carbocycles. The average molecular weight is 561 g/mol. The fraction of sp³-hybridized carbons (Fsp3) is 0.379. The number of rotatable bonds is 8. The molecule has 1 fully saturated rings. The minimum Gasteiger partial charge on any atom is -0.497 e. The Labute approximate surface area is 229 Å². The first-order valence-corrected chi connectivity index (χ1v) is 12.9. The second kappa shape index (κ2) is 12.2. The van der Waals surface area contributed by atoms with E-state index in [-0.39, 0.29) is 18.5 Å². The van der Waals surface area contributed by atoms with Crippen molar-refractivity contribution in [2.75, 3.05) is 26.7 Å². The normalized spacial score (nSPS) is 15.9. The van der Waals surface area contributed by atoms with E-state index in [0.29, 0.717) is 72.1 Å². The fourth-order valence-corrected chi connectivity index (χ4v) is 5.41. The molecule has 1 aliphatic heterocycles. The molecule has 3 aromatic rings. The smallest absolute Gasteiger partial charge is 0.303 e. The zero-order valence-corrected chi connectivity index (χ0v) is 22.1. The molecular formula is C29H28ClF3N2O4. The number of aromatic nitrogens is 1. The Hall–Kier alpha value is -3.32. The van der Waals surface area contributed by atoms with Gasteiger partial charge in [0.2, 0.25) is 0 Å². The zero-order valence-electron chi connectivity index (χ0n) is 21.3. The van der Waals surface area contributed by atoms with Crippen molar-refractivity contribution in [3.8, 4) is 17.6 Å². The molecule has 2 N–H and O–H groups in total. The van der Waals surface area contributed by atoms with Gasteiger partial charge in [-0.25, -0.2) is 13.2 Å². The number of carbonyl (C=O) groups is 1. The summed E-state index contributed by atoms with van der Waals surface area (Å²) in [6.07, 6.45) is 2.36. The third-order valence-corrected chi connectivity index (χ3v) is 7.61. The van der Waals surface area contributed by atoms with Gasteiger partial charge in [-0.2, -0.15) is 0 Å². The van der Waals surface area contributed by atoms with Gasteiger partial charge in [-0.1, -0.05) is 23.4 Å². The number of piperidine rings is 1. The Morgan fingerprint density at radius 3 is 2.67 bits per heavy atom. The zero-order chi connectivity index (χ0) is 28.2. The molecule has 2 aromatic carbocycles. The summed E-state index contributed by atoms with van der Waals surface area (Å²) in [5.74, 6) is 1.53. The van der Waals surface area contributed by atoms with Gasteiger partial charge < -0.3 is 14.9 Å². The highest BCUT2D eigenvalue weighted by atomic mass is 35.5. The van der Waals surface area contributed by atoms with E-state index >= 15 is 0 Å². The molecule has 0 spiro atoms. The molecule has 1 aromatic heterocycles. The highest BCUT2D eigenvalue weighted by Gasteiger charge is 2.37. The van der Waals surface area contributed by atoms with Crippen LogP contribution in [0.5, 0.6) is 5.75 Å². The minimum atomic E-state index is -1.29. The van der Waals surface area contributed by atoms with Crippen LogP contribution in [0.3, 0.4) is 0 Å². The number of benzene rings is 2. The fourth-order valence-electron chi connectivity index (χ4n) is 5.14. The summed E-state index contributed by atoms with van der Waals surface area (Å²) in [7, 11) is 1.54. The summed E-state index contributed by atoms with van der Waals surface area (Å²) in [5.41, 5.74) is 0.296. The molecule has 0 bridgehead atoms. The van der Waals surface area contributed by atoms with E-state index < -0.39 is 34.9 Å². The topological polar surface area (TPSA) is 82.9 Å². The molecule has 1 atom stereocenters. The second-order valence-corrected chi connectivity index (χ2v) is 10.3. The van der Waals surface area contributed by atoms with Gasteiger partial charge in [-0.3, -0.25) is 14.7 Å². The van der Waals surface area contributed by atoms with Crippen LogP contribution in [0, 0.1) is 34.7 Å². The van der Waals surface area contributed by atoms with Crippen LogP contribution in [0.2, 0.25) is 5.02 Å². The number of fused-ring (bicyclic) bond motifs is 1. The SMILES string of the molecule is COc1ccc2ncc(Cl)c([C@H](O)CCC3(CC(=O)O)CCN(CC#Cc4cc(F)cc(F)c4F)CC3)c2c1. The molecular weight excluding hydrogens is 533 g/mol. The molecule has 0 unspecified atom stereocenters. The van der Waals surface area contributed by atoms with Gasteiger partial charge in [0.15, 0.2) is 11.6 Å². The van der Waals surface area contributed by atoms with Crippen molar-refractivity contribution < 1.29 is 32.9 Å². The Morgan fingerprint density at radius 2 is 1.97 bits per heavy atom. The lowest BCUT2D eigenvalue weighted by atomic mass is 9.71. The monoisotopic (exact) mass is 560 g/mol. The van der Waals surface area contributed by atoms with E-state index in [1.165, 1.54) is 6.20 Å². The van der Waals surface area contributed by atoms with Crippen molar-refractivity contribution in [2.24, 2.45) is 5.41 Å². The van der Waals surface area contributed by atoms with E-state index in [4.69, 9.17) is 16.3 Å². The summed E-state index contributed by atoms with van der Waals surface area (Å²) in [6, 6.07) is 6.63. The van der Waals surface area contributed by atoms with Crippen LogP contribution in [0.25, 0.3) is 10.9 Å². The number of likely N-dealkylation sites (tertiary alicyclic amines) is 1. The lowest BCUT2D eigenvalue weighted by molar-refractivity contribution is -0.141. The molecule has 0 amide bonds. The van der Waals surface area contributed by atoms with Crippen LogP contribution in [0.1, 0.15) is 49.3 Å². The van der Waals surface area contributed by atoms with Gasteiger partial charge in [-0.15, -0.1) is 0 Å². The number of carboxylic acids is 1. The quantitative estimate of drug-likeness (QED) is 0.270. The third-order valence-electron chi connectivity index (χ3n) is 7.31. The Balaban J connectivity index is 1.44. The van der Waals surface area contributed by atoms with E-state index in [9.17, 15) is 28.2 Å². The van der Waals surface area contributed by atoms with Crippen molar-refractivity contribution in [1.29, 1.82) is 0 Å². The summed E-state index contributed by atoms with van der Waals surface area (Å²) in [4.78, 5) is 18.0. The Morgan fingerprint density at radius 1 is 1.23 bits per heavy atom. The molecule has 10 heteroatoms. The largest absolute Gasteiger partial charge is 0.497 e. The highest BCUT2D eigenvalue weighted by molar-refractivity contribution is 6.32. The predicted octanol–water partition coefficient (Wildman–Crippen LogP) is 5.74. The predicted molar refractivity (Wildman–Crippen MR) is 141 cm³/mol. The van der Waals surface area contributed by atoms with Crippen LogP contribution >= 0.6 is 11.6 Å². The van der Waals surface area contributed by atoms with Crippen LogP contribution in [0.15, 0.2) is 36.5 Å². The number of aliphatic hydroxyl groups is 1. The second-order valence-electron chi connectivity index (χ2n) is 9.85. The van der Waals surface area contributed by atoms with Crippen molar-refractivity contribution in [1.82, 2.24) is 9.88 Å². The number of methoxy groups -OCH3 is 1. The number of nitrogens with zero attached hydrogens (tertiary/aromatic N) is 2. The first kappa shape index (κ1) is 28.7. The van der Waals surface area contributed by atoms with E-state index in [2.05, 4.69) is 16.8 Å². The lowest BCUT2D eigenvalue weighted by Gasteiger charge is -2.41. The molecule has 206 valence electrons. The van der Waals surface area contributed by atoms with Gasteiger partial charge in [0.05, 0.1) is 42.3 Å². The molecule has 39 heavy (non-hydrogen) atoms. The first-order valence-electron chi connectivity index (χ1n) is 12.5. The average Bonchev–Trinajstić information content (AvgIpc) is 2.90. The number of pyridine rings is 1. The van der Waals surface area contributed by atoms with Crippen LogP contribution in [-0.2, 0) is 4.79 Å². The molecule has 2 heterocycles. The van der Waals surface area contributed by atoms with Gasteiger partial charge in [0.25, 0.3) is 0 Å². The number of halogens is 4. The third kappa shape index (κ3) is 6.82. The summed E-state index contributed by atoms with van der Waals surface area (Å²) in [5, 5.41) is 21.8. The Kier molecular flexibility index (Phi) is 9.01. The van der Waals surface area contributed by atoms with Crippen LogP contribution in [-0.4, -0.2) is 52.8 Å². The van der Waals surface area contributed by atoms with Crippen molar-refractivity contribution in [3.63, 3.8) is 0 Å². The Bertz CT molecular complexity index is 1430. The first-order chi connectivity index (χ1) is 18.6. The standard InChI is InChI=1S/C29H28ClF3N2O4/c1-39-20-4-5-24-21(15-20)27(22(30)17-34-24)25(36)6-7-29(16-26(37)38)8-11-35(12-9-29)10-2-3-18-13-19(31)14-23(32)28(18)33/h4-5,13-15,17,25,36H,6-12,16H2,1H3,(H,37,38)/t25-/m1/s1. The summed E-state index contributed by atoms with van der Waals surface area (Å²) >= 11 is 6.43. The number of hydrogen-bond acceptors (Lipinski definition) is 5. The number of hydrogen-bond donors (Lipinski definition) is 2. The van der Waals surface area contributed by atoms with Gasteiger partial charge in [0.1, 0.15) is 11.6 Å². The van der Waals surface area contributed by atoms with Gasteiger partial charge in [-0.05, 0) is 68.5 Å². The van der Waals surface area contributed by atoms with Gasteiger partial charge >= 0.3 is 5.97 Å². The van der Waals surface area contributed by atoms with E-state index in [1.54, 1.807) is 25.3 Å². The number of aliphatic carboxylic acids is 1. The van der Waals surface area contributed by atoms with E-state index in [0.717, 1.165) is 6.07 Å². The number of carboxylic acid groups (broad SMARTS) is 1. The molecule has 1 aliphatic rings. The summed E-state index contributed by atoms with van der Waals surface area (Å²) < 4.78 is 45.9. The van der Waals surface area contributed by atoms with Crippen molar-refractivity contribution in [3.05, 3.63) is 70.1 Å². The van der Waals surface area contributed by atoms with Crippen LogP contribution in [0.4, 0.5) is 13.2 Å². The highest BCUT2D eigenvalue weighted by Crippen LogP contribution is 2.43.